The van der Waals surface area contributed by atoms with Gasteiger partial charge in [-0.05, 0) is 24.3 Å². The van der Waals surface area contributed by atoms with Crippen molar-refractivity contribution in [3.05, 3.63) is 52.7 Å². The van der Waals surface area contributed by atoms with Gasteiger partial charge in [0.25, 0.3) is 0 Å². The molecule has 0 fully saturated rings. The molecule has 0 saturated carbocycles. The number of fused-ring (bicyclic) bond motifs is 1. The first kappa shape index (κ1) is 15.0. The van der Waals surface area contributed by atoms with Crippen LogP contribution in [0.15, 0.2) is 51.7 Å². The molecule has 0 spiro atoms. The van der Waals surface area contributed by atoms with Crippen molar-refractivity contribution in [2.75, 3.05) is 21.3 Å². The minimum absolute atomic E-state index is 0.0739. The van der Waals surface area contributed by atoms with Crippen LogP contribution in [0.5, 0.6) is 17.2 Å². The third kappa shape index (κ3) is 2.50. The molecule has 5 heteroatoms. The van der Waals surface area contributed by atoms with E-state index in [1.807, 2.05) is 30.3 Å². The number of ether oxygens (including phenoxy) is 3. The highest BCUT2D eigenvalue weighted by atomic mass is 16.5. The van der Waals surface area contributed by atoms with Gasteiger partial charge < -0.3 is 18.6 Å². The van der Waals surface area contributed by atoms with Crippen molar-refractivity contribution in [3.8, 4) is 28.6 Å². The van der Waals surface area contributed by atoms with Gasteiger partial charge in [-0.25, -0.2) is 0 Å². The molecule has 0 N–H and O–H groups in total. The van der Waals surface area contributed by atoms with Crippen LogP contribution in [-0.4, -0.2) is 21.3 Å². The molecule has 0 atom stereocenters. The second kappa shape index (κ2) is 6.04. The van der Waals surface area contributed by atoms with Crippen LogP contribution < -0.4 is 19.6 Å². The van der Waals surface area contributed by atoms with E-state index in [-0.39, 0.29) is 16.9 Å². The first-order valence-electron chi connectivity index (χ1n) is 7.01. The fraction of sp³-hybridized carbons (Fsp3) is 0.167. The summed E-state index contributed by atoms with van der Waals surface area (Å²) in [6.45, 7) is 0. The molecule has 0 aliphatic carbocycles. The third-order valence-electron chi connectivity index (χ3n) is 3.60. The summed E-state index contributed by atoms with van der Waals surface area (Å²) in [7, 11) is 4.38. The molecule has 23 heavy (non-hydrogen) atoms. The quantitative estimate of drug-likeness (QED) is 0.738. The average Bonchev–Trinajstić information content (AvgIpc) is 2.94. The number of benzene rings is 1. The standard InChI is InChI=1S/C18H16O5/c1-20-14-9-8-12(16(19)18(22-3)17(14)21-2)15-10-11-6-4-5-7-13(11)23-15/h4-10H,1-3H3. The zero-order valence-corrected chi connectivity index (χ0v) is 13.1. The normalized spacial score (nSPS) is 10.6. The predicted molar refractivity (Wildman–Crippen MR) is 87.6 cm³/mol. The van der Waals surface area contributed by atoms with Crippen LogP contribution in [0, 0.1) is 0 Å². The molecular weight excluding hydrogens is 296 g/mol. The first-order valence-corrected chi connectivity index (χ1v) is 7.01. The first-order chi connectivity index (χ1) is 11.2. The van der Waals surface area contributed by atoms with Gasteiger partial charge in [-0.3, -0.25) is 4.79 Å². The fourth-order valence-electron chi connectivity index (χ4n) is 2.50. The zero-order valence-electron chi connectivity index (χ0n) is 13.1. The molecule has 0 bridgehead atoms. The third-order valence-corrected chi connectivity index (χ3v) is 3.60. The molecular formula is C18H16O5. The lowest BCUT2D eigenvalue weighted by molar-refractivity contribution is 0.325. The van der Waals surface area contributed by atoms with Crippen molar-refractivity contribution in [1.29, 1.82) is 0 Å². The highest BCUT2D eigenvalue weighted by Gasteiger charge is 2.18. The Labute approximate surface area is 133 Å². The molecule has 1 heterocycles. The Hall–Kier alpha value is -2.95. The van der Waals surface area contributed by atoms with Gasteiger partial charge in [0.1, 0.15) is 11.3 Å². The molecule has 5 nitrogen and oxygen atoms in total. The molecule has 0 saturated heterocycles. The molecule has 3 aromatic rings. The van der Waals surface area contributed by atoms with Crippen LogP contribution in [-0.2, 0) is 0 Å². The van der Waals surface area contributed by atoms with E-state index in [2.05, 4.69) is 0 Å². The summed E-state index contributed by atoms with van der Waals surface area (Å²) in [6.07, 6.45) is 0. The van der Waals surface area contributed by atoms with Gasteiger partial charge in [-0.15, -0.1) is 0 Å². The van der Waals surface area contributed by atoms with E-state index in [9.17, 15) is 4.79 Å². The maximum Gasteiger partial charge on any atom is 0.235 e. The number of methoxy groups -OCH3 is 3. The zero-order chi connectivity index (χ0) is 16.4. The van der Waals surface area contributed by atoms with Crippen LogP contribution in [0.1, 0.15) is 0 Å². The molecule has 0 aliphatic heterocycles. The van der Waals surface area contributed by atoms with Crippen molar-refractivity contribution in [3.63, 3.8) is 0 Å². The van der Waals surface area contributed by atoms with Gasteiger partial charge in [-0.1, -0.05) is 18.2 Å². The minimum atomic E-state index is -0.327. The molecule has 0 unspecified atom stereocenters. The van der Waals surface area contributed by atoms with E-state index in [1.165, 1.54) is 21.3 Å². The van der Waals surface area contributed by atoms with Gasteiger partial charge in [0.2, 0.25) is 16.9 Å². The summed E-state index contributed by atoms with van der Waals surface area (Å²) in [5.41, 5.74) is 0.762. The molecule has 2 aromatic carbocycles. The Kier molecular flexibility index (Phi) is 3.93. The van der Waals surface area contributed by atoms with E-state index in [0.29, 0.717) is 22.7 Å². The summed E-state index contributed by atoms with van der Waals surface area (Å²) in [6, 6.07) is 12.7. The smallest absolute Gasteiger partial charge is 0.235 e. The summed E-state index contributed by atoms with van der Waals surface area (Å²) < 4.78 is 21.6. The summed E-state index contributed by atoms with van der Waals surface area (Å²) in [5, 5.41) is 0.923. The largest absolute Gasteiger partial charge is 0.493 e. The van der Waals surface area contributed by atoms with Crippen molar-refractivity contribution in [2.45, 2.75) is 0 Å². The monoisotopic (exact) mass is 312 g/mol. The topological polar surface area (TPSA) is 57.9 Å². The maximum absolute atomic E-state index is 12.8. The number of furan rings is 1. The van der Waals surface area contributed by atoms with Crippen LogP contribution in [0.4, 0.5) is 0 Å². The highest BCUT2D eigenvalue weighted by molar-refractivity contribution is 5.83. The summed E-state index contributed by atoms with van der Waals surface area (Å²) in [5.74, 6) is 1.20. The van der Waals surface area contributed by atoms with Gasteiger partial charge in [0.05, 0.1) is 26.9 Å². The van der Waals surface area contributed by atoms with Crippen LogP contribution >= 0.6 is 0 Å². The molecule has 1 aromatic heterocycles. The number of para-hydroxylation sites is 1. The molecule has 0 radical (unpaired) electrons. The predicted octanol–water partition coefficient (Wildman–Crippen LogP) is 3.49. The lowest BCUT2D eigenvalue weighted by Crippen LogP contribution is -2.06. The molecule has 118 valence electrons. The van der Waals surface area contributed by atoms with E-state index in [4.69, 9.17) is 18.6 Å². The van der Waals surface area contributed by atoms with E-state index < -0.39 is 0 Å². The van der Waals surface area contributed by atoms with Gasteiger partial charge in [-0.2, -0.15) is 0 Å². The second-order valence-corrected chi connectivity index (χ2v) is 4.86. The van der Waals surface area contributed by atoms with Gasteiger partial charge >= 0.3 is 0 Å². The van der Waals surface area contributed by atoms with Crippen molar-refractivity contribution < 1.29 is 18.6 Å². The summed E-state index contributed by atoms with van der Waals surface area (Å²) in [4.78, 5) is 12.8. The van der Waals surface area contributed by atoms with E-state index in [1.54, 1.807) is 12.1 Å². The number of rotatable bonds is 4. The highest BCUT2D eigenvalue weighted by Crippen LogP contribution is 2.35. The second-order valence-electron chi connectivity index (χ2n) is 4.86. The van der Waals surface area contributed by atoms with Crippen LogP contribution in [0.3, 0.4) is 0 Å². The molecule has 0 aliphatic rings. The summed E-state index contributed by atoms with van der Waals surface area (Å²) >= 11 is 0. The lowest BCUT2D eigenvalue weighted by atomic mass is 10.2. The van der Waals surface area contributed by atoms with Crippen LogP contribution in [0.25, 0.3) is 22.3 Å². The average molecular weight is 312 g/mol. The van der Waals surface area contributed by atoms with E-state index in [0.717, 1.165) is 5.39 Å². The number of hydrogen-bond donors (Lipinski definition) is 0. The molecule has 3 rings (SSSR count). The maximum atomic E-state index is 12.8. The van der Waals surface area contributed by atoms with Crippen LogP contribution in [0.2, 0.25) is 0 Å². The Bertz CT molecular complexity index is 878. The fourth-order valence-corrected chi connectivity index (χ4v) is 2.50. The minimum Gasteiger partial charge on any atom is -0.493 e. The lowest BCUT2D eigenvalue weighted by Gasteiger charge is -2.07. The SMILES string of the molecule is COc1ccc(-c2cc3ccccc3o2)c(=O)c(OC)c1OC. The molecule has 0 amide bonds. The van der Waals surface area contributed by atoms with Gasteiger partial charge in [0.15, 0.2) is 5.75 Å². The Morgan fingerprint density at radius 2 is 1.61 bits per heavy atom. The van der Waals surface area contributed by atoms with Gasteiger partial charge in [0, 0.05) is 5.39 Å². The Morgan fingerprint density at radius 3 is 2.26 bits per heavy atom. The Balaban J connectivity index is 2.31. The van der Waals surface area contributed by atoms with Crippen molar-refractivity contribution in [1.82, 2.24) is 0 Å². The number of hydrogen-bond acceptors (Lipinski definition) is 5. The Morgan fingerprint density at radius 1 is 0.870 bits per heavy atom. The van der Waals surface area contributed by atoms with E-state index >= 15 is 0 Å². The van der Waals surface area contributed by atoms with Crippen molar-refractivity contribution >= 4 is 11.0 Å². The van der Waals surface area contributed by atoms with Crippen molar-refractivity contribution in [2.24, 2.45) is 0 Å².